The second-order valence-electron chi connectivity index (χ2n) is 5.90. The third-order valence-electron chi connectivity index (χ3n) is 3.79. The van der Waals surface area contributed by atoms with Gasteiger partial charge in [0.2, 0.25) is 0 Å². The molecule has 4 nitrogen and oxygen atoms in total. The van der Waals surface area contributed by atoms with E-state index in [9.17, 15) is 8.42 Å². The largest absolute Gasteiger partial charge is 0.245 e. The zero-order valence-corrected chi connectivity index (χ0v) is 16.2. The van der Waals surface area contributed by atoms with Crippen LogP contribution in [0.15, 0.2) is 103 Å². The summed E-state index contributed by atoms with van der Waals surface area (Å²) in [4.78, 5) is 1.30. The van der Waals surface area contributed by atoms with Crippen LogP contribution >= 0.6 is 0 Å². The van der Waals surface area contributed by atoms with Crippen molar-refractivity contribution in [2.24, 2.45) is 8.73 Å². The van der Waals surface area contributed by atoms with Crippen LogP contribution in [0.4, 0.5) is 11.4 Å². The third kappa shape index (κ3) is 4.20. The number of benzene rings is 3. The monoisotopic (exact) mass is 384 g/mol. The average molecular weight is 385 g/mol. The van der Waals surface area contributed by atoms with Gasteiger partial charge in [0, 0.05) is 22.3 Å². The van der Waals surface area contributed by atoms with Gasteiger partial charge in [-0.1, -0.05) is 48.5 Å². The molecule has 2 unspecified atom stereocenters. The van der Waals surface area contributed by atoms with E-state index < -0.39 is 19.5 Å². The normalized spacial score (nSPS) is 15.5. The molecule has 0 amide bonds. The van der Waals surface area contributed by atoms with Crippen LogP contribution < -0.4 is 0 Å². The van der Waals surface area contributed by atoms with Gasteiger partial charge >= 0.3 is 0 Å². The molecule has 0 fully saturated rings. The smallest absolute Gasteiger partial charge is 0.0997 e. The molecule has 134 valence electrons. The fourth-order valence-corrected chi connectivity index (χ4v) is 5.04. The first-order chi connectivity index (χ1) is 12.4. The molecule has 0 saturated heterocycles. The summed E-state index contributed by atoms with van der Waals surface area (Å²) < 4.78 is 35.0. The van der Waals surface area contributed by atoms with Gasteiger partial charge in [0.25, 0.3) is 0 Å². The van der Waals surface area contributed by atoms with Crippen molar-refractivity contribution >= 4 is 30.8 Å². The van der Waals surface area contributed by atoms with Gasteiger partial charge in [0.1, 0.15) is 0 Å². The van der Waals surface area contributed by atoms with E-state index in [2.05, 4.69) is 8.73 Å². The second kappa shape index (κ2) is 7.43. The van der Waals surface area contributed by atoms with Gasteiger partial charge < -0.3 is 0 Å². The van der Waals surface area contributed by atoms with E-state index in [1.54, 1.807) is 61.0 Å². The molecule has 26 heavy (non-hydrogen) atoms. The maximum Gasteiger partial charge on any atom is 0.0997 e. The van der Waals surface area contributed by atoms with Gasteiger partial charge in [-0.3, -0.25) is 0 Å². The Morgan fingerprint density at radius 3 is 1.19 bits per heavy atom. The Morgan fingerprint density at radius 2 is 0.846 bits per heavy atom. The Morgan fingerprint density at radius 1 is 0.538 bits per heavy atom. The van der Waals surface area contributed by atoms with Gasteiger partial charge in [-0.25, -0.2) is 8.42 Å². The highest BCUT2D eigenvalue weighted by atomic mass is 32.2. The zero-order chi connectivity index (χ0) is 18.6. The van der Waals surface area contributed by atoms with Crippen LogP contribution in [-0.2, 0) is 19.5 Å². The maximum atomic E-state index is 13.1. The zero-order valence-electron chi connectivity index (χ0n) is 14.6. The molecule has 0 aliphatic rings. The lowest BCUT2D eigenvalue weighted by Crippen LogP contribution is -1.97. The van der Waals surface area contributed by atoms with Crippen LogP contribution in [0.25, 0.3) is 0 Å². The summed E-state index contributed by atoms with van der Waals surface area (Å²) in [6, 6.07) is 25.3. The van der Waals surface area contributed by atoms with Gasteiger partial charge in [-0.05, 0) is 36.4 Å². The molecule has 0 radical (unpaired) electrons. The van der Waals surface area contributed by atoms with Crippen LogP contribution in [0.5, 0.6) is 0 Å². The molecule has 0 aliphatic heterocycles. The van der Waals surface area contributed by atoms with Gasteiger partial charge in [-0.15, -0.1) is 0 Å². The van der Waals surface area contributed by atoms with E-state index in [1.807, 2.05) is 36.4 Å². The van der Waals surface area contributed by atoms with Crippen LogP contribution in [0.2, 0.25) is 0 Å². The summed E-state index contributed by atoms with van der Waals surface area (Å²) in [6.07, 6.45) is 3.19. The molecule has 3 aromatic rings. The molecular formula is C20H20N2O2S2. The summed E-state index contributed by atoms with van der Waals surface area (Å²) in [7, 11) is -5.27. The van der Waals surface area contributed by atoms with Crippen molar-refractivity contribution in [3.8, 4) is 0 Å². The van der Waals surface area contributed by atoms with E-state index in [4.69, 9.17) is 0 Å². The Balaban J connectivity index is 2.14. The fourth-order valence-electron chi connectivity index (χ4n) is 2.45. The Bertz CT molecular complexity index is 1050. The SMILES string of the molecule is CS(=O)(=Nc1ccccc1N=S(C)(=O)c1ccccc1)c1ccccc1. The van der Waals surface area contributed by atoms with Crippen LogP contribution in [0.3, 0.4) is 0 Å². The van der Waals surface area contributed by atoms with Crippen LogP contribution in [0.1, 0.15) is 0 Å². The number of hydrogen-bond acceptors (Lipinski definition) is 4. The summed E-state index contributed by atoms with van der Waals surface area (Å²) in [5.74, 6) is 0. The molecular weight excluding hydrogens is 364 g/mol. The van der Waals surface area contributed by atoms with Crippen molar-refractivity contribution < 1.29 is 8.42 Å². The first kappa shape index (κ1) is 18.4. The molecule has 0 aliphatic carbocycles. The van der Waals surface area contributed by atoms with Crippen LogP contribution in [0, 0.1) is 0 Å². The Labute approximate surface area is 155 Å². The molecule has 6 heteroatoms. The molecule has 2 atom stereocenters. The molecule has 0 heterocycles. The quantitative estimate of drug-likeness (QED) is 0.616. The van der Waals surface area contributed by atoms with E-state index in [0.29, 0.717) is 21.2 Å². The topological polar surface area (TPSA) is 58.9 Å². The Kier molecular flexibility index (Phi) is 5.25. The lowest BCUT2D eigenvalue weighted by atomic mass is 10.3. The van der Waals surface area contributed by atoms with Crippen molar-refractivity contribution in [3.05, 3.63) is 84.9 Å². The molecule has 0 saturated carbocycles. The number of hydrogen-bond donors (Lipinski definition) is 0. The minimum atomic E-state index is -2.63. The highest BCUT2D eigenvalue weighted by Crippen LogP contribution is 2.32. The van der Waals surface area contributed by atoms with Crippen LogP contribution in [-0.4, -0.2) is 20.9 Å². The first-order valence-corrected chi connectivity index (χ1v) is 11.9. The third-order valence-corrected chi connectivity index (χ3v) is 7.17. The molecule has 0 bridgehead atoms. The maximum absolute atomic E-state index is 13.1. The van der Waals surface area contributed by atoms with E-state index >= 15 is 0 Å². The fraction of sp³-hybridized carbons (Fsp3) is 0.100. The second-order valence-corrected chi connectivity index (χ2v) is 10.4. The molecule has 3 aromatic carbocycles. The number of rotatable bonds is 4. The summed E-state index contributed by atoms with van der Waals surface area (Å²) >= 11 is 0. The van der Waals surface area contributed by atoms with E-state index in [-0.39, 0.29) is 0 Å². The van der Waals surface area contributed by atoms with Gasteiger partial charge in [-0.2, -0.15) is 8.73 Å². The molecule has 3 rings (SSSR count). The molecule has 0 spiro atoms. The average Bonchev–Trinajstić information content (AvgIpc) is 2.64. The van der Waals surface area contributed by atoms with Crippen molar-refractivity contribution in [2.75, 3.05) is 12.5 Å². The van der Waals surface area contributed by atoms with Gasteiger partial charge in [0.05, 0.1) is 30.8 Å². The summed E-state index contributed by atoms with van der Waals surface area (Å²) in [5.41, 5.74) is 0.934. The van der Waals surface area contributed by atoms with E-state index in [0.717, 1.165) is 0 Å². The van der Waals surface area contributed by atoms with Crippen molar-refractivity contribution in [1.82, 2.24) is 0 Å². The first-order valence-electron chi connectivity index (χ1n) is 8.02. The lowest BCUT2D eigenvalue weighted by molar-refractivity contribution is 0.679. The summed E-state index contributed by atoms with van der Waals surface area (Å²) in [6.45, 7) is 0. The predicted molar refractivity (Wildman–Crippen MR) is 108 cm³/mol. The van der Waals surface area contributed by atoms with Crippen molar-refractivity contribution in [2.45, 2.75) is 9.79 Å². The highest BCUT2D eigenvalue weighted by molar-refractivity contribution is 7.93. The Hall–Kier alpha value is -2.44. The standard InChI is InChI=1S/C20H20N2O2S2/c1-25(23,17-11-5-3-6-12-17)21-19-15-9-10-16-20(19)22-26(2,24)18-13-7-4-8-14-18/h3-16H,1-2H3. The minimum Gasteiger partial charge on any atom is -0.245 e. The van der Waals surface area contributed by atoms with Crippen molar-refractivity contribution in [3.63, 3.8) is 0 Å². The molecule has 0 N–H and O–H groups in total. The van der Waals surface area contributed by atoms with Crippen molar-refractivity contribution in [1.29, 1.82) is 0 Å². The summed E-state index contributed by atoms with van der Waals surface area (Å²) in [5, 5.41) is 0. The number of nitrogens with zero attached hydrogens (tertiary/aromatic N) is 2. The predicted octanol–water partition coefficient (Wildman–Crippen LogP) is 5.26. The lowest BCUT2D eigenvalue weighted by Gasteiger charge is -2.08. The highest BCUT2D eigenvalue weighted by Gasteiger charge is 2.11. The minimum absolute atomic E-state index is 0.467. The van der Waals surface area contributed by atoms with Gasteiger partial charge in [0.15, 0.2) is 0 Å². The van der Waals surface area contributed by atoms with E-state index in [1.165, 1.54) is 0 Å². The molecule has 0 aromatic heterocycles.